The Hall–Kier alpha value is -4.80. The molecule has 0 unspecified atom stereocenters. The zero-order valence-electron chi connectivity index (χ0n) is 20.6. The number of carbonyl (C=O) groups excluding carboxylic acids is 1. The van der Waals surface area contributed by atoms with E-state index in [4.69, 9.17) is 19.6 Å². The molecule has 1 aromatic heterocycles. The number of pyridine rings is 1. The first-order valence-electron chi connectivity index (χ1n) is 11.2. The van der Waals surface area contributed by atoms with E-state index in [1.807, 2.05) is 0 Å². The SMILES string of the molecule is CNc1cc(Oc2ccnc3cc(OC)c(OC)cc23)ccc1C(=N)NC(=O)c1ccc(C(F)(F)F)cc1. The summed E-state index contributed by atoms with van der Waals surface area (Å²) in [5.41, 5.74) is 0.601. The number of nitrogens with zero attached hydrogens (tertiary/aromatic N) is 1. The lowest BCUT2D eigenvalue weighted by Crippen LogP contribution is -2.31. The van der Waals surface area contributed by atoms with Gasteiger partial charge < -0.3 is 24.8 Å². The number of anilines is 1. The van der Waals surface area contributed by atoms with Crippen molar-refractivity contribution in [2.45, 2.75) is 6.18 Å². The Balaban J connectivity index is 1.55. The summed E-state index contributed by atoms with van der Waals surface area (Å²) in [6, 6.07) is 13.8. The minimum atomic E-state index is -4.51. The fourth-order valence-electron chi connectivity index (χ4n) is 3.74. The van der Waals surface area contributed by atoms with E-state index < -0.39 is 17.6 Å². The van der Waals surface area contributed by atoms with E-state index in [-0.39, 0.29) is 11.4 Å². The first-order chi connectivity index (χ1) is 18.1. The molecule has 38 heavy (non-hydrogen) atoms. The minimum absolute atomic E-state index is 0.00895. The Bertz CT molecular complexity index is 1510. The monoisotopic (exact) mass is 524 g/mol. The molecule has 8 nitrogen and oxygen atoms in total. The van der Waals surface area contributed by atoms with Crippen molar-refractivity contribution in [3.63, 3.8) is 0 Å². The number of nitrogens with one attached hydrogen (secondary N) is 3. The summed E-state index contributed by atoms with van der Waals surface area (Å²) in [7, 11) is 4.71. The number of fused-ring (bicyclic) bond motifs is 1. The van der Waals surface area contributed by atoms with E-state index in [0.29, 0.717) is 45.2 Å². The normalized spacial score (nSPS) is 11.1. The zero-order valence-corrected chi connectivity index (χ0v) is 20.6. The molecule has 4 aromatic rings. The van der Waals surface area contributed by atoms with Gasteiger partial charge in [0, 0.05) is 47.6 Å². The quantitative estimate of drug-likeness (QED) is 0.207. The second-order valence-electron chi connectivity index (χ2n) is 8.00. The molecule has 0 spiro atoms. The molecule has 0 aliphatic carbocycles. The average Bonchev–Trinajstić information content (AvgIpc) is 2.91. The van der Waals surface area contributed by atoms with Crippen LogP contribution in [0.4, 0.5) is 18.9 Å². The third kappa shape index (κ3) is 5.46. The maximum Gasteiger partial charge on any atom is 0.416 e. The van der Waals surface area contributed by atoms with Crippen LogP contribution in [0, 0.1) is 5.41 Å². The summed E-state index contributed by atoms with van der Waals surface area (Å²) in [4.78, 5) is 16.9. The van der Waals surface area contributed by atoms with Gasteiger partial charge in [-0.05, 0) is 48.5 Å². The number of halogens is 3. The molecule has 1 amide bonds. The van der Waals surface area contributed by atoms with Gasteiger partial charge in [-0.1, -0.05) is 0 Å². The molecule has 3 aromatic carbocycles. The van der Waals surface area contributed by atoms with Crippen LogP contribution in [0.5, 0.6) is 23.0 Å². The van der Waals surface area contributed by atoms with Gasteiger partial charge in [-0.25, -0.2) is 0 Å². The number of aromatic nitrogens is 1. The molecule has 0 atom stereocenters. The molecule has 11 heteroatoms. The topological polar surface area (TPSA) is 106 Å². The lowest BCUT2D eigenvalue weighted by molar-refractivity contribution is -0.137. The van der Waals surface area contributed by atoms with Crippen LogP contribution in [0.2, 0.25) is 0 Å². The van der Waals surface area contributed by atoms with Crippen LogP contribution < -0.4 is 24.8 Å². The van der Waals surface area contributed by atoms with Crippen molar-refractivity contribution in [2.24, 2.45) is 0 Å². The van der Waals surface area contributed by atoms with E-state index in [1.165, 1.54) is 14.2 Å². The van der Waals surface area contributed by atoms with Gasteiger partial charge in [-0.3, -0.25) is 15.2 Å². The second-order valence-corrected chi connectivity index (χ2v) is 8.00. The van der Waals surface area contributed by atoms with Crippen LogP contribution in [-0.4, -0.2) is 38.0 Å². The van der Waals surface area contributed by atoms with Crippen molar-refractivity contribution in [1.82, 2.24) is 10.3 Å². The van der Waals surface area contributed by atoms with Gasteiger partial charge >= 0.3 is 6.18 Å². The van der Waals surface area contributed by atoms with Gasteiger partial charge in [0.15, 0.2) is 11.5 Å². The van der Waals surface area contributed by atoms with Crippen molar-refractivity contribution in [1.29, 1.82) is 5.41 Å². The second kappa shape index (κ2) is 10.7. The summed E-state index contributed by atoms with van der Waals surface area (Å²) in [5, 5.41) is 14.4. The van der Waals surface area contributed by atoms with Crippen LogP contribution in [0.1, 0.15) is 21.5 Å². The van der Waals surface area contributed by atoms with Crippen LogP contribution >= 0.6 is 0 Å². The molecular weight excluding hydrogens is 501 g/mol. The molecule has 0 fully saturated rings. The summed E-state index contributed by atoms with van der Waals surface area (Å²) in [6.07, 6.45) is -2.90. The minimum Gasteiger partial charge on any atom is -0.493 e. The number of hydrogen-bond donors (Lipinski definition) is 3. The number of carbonyl (C=O) groups is 1. The summed E-state index contributed by atoms with van der Waals surface area (Å²) in [6.45, 7) is 0. The van der Waals surface area contributed by atoms with Crippen molar-refractivity contribution in [3.05, 3.63) is 83.6 Å². The zero-order chi connectivity index (χ0) is 27.4. The van der Waals surface area contributed by atoms with E-state index in [2.05, 4.69) is 15.6 Å². The fourth-order valence-corrected chi connectivity index (χ4v) is 3.74. The third-order valence-corrected chi connectivity index (χ3v) is 5.68. The van der Waals surface area contributed by atoms with Crippen LogP contribution in [0.25, 0.3) is 10.9 Å². The van der Waals surface area contributed by atoms with Gasteiger partial charge in [-0.15, -0.1) is 0 Å². The number of alkyl halides is 3. The van der Waals surface area contributed by atoms with Gasteiger partial charge in [0.05, 0.1) is 25.3 Å². The molecule has 0 saturated heterocycles. The maximum absolute atomic E-state index is 12.8. The highest BCUT2D eigenvalue weighted by atomic mass is 19.4. The lowest BCUT2D eigenvalue weighted by Gasteiger charge is -2.15. The first-order valence-corrected chi connectivity index (χ1v) is 11.2. The summed E-state index contributed by atoms with van der Waals surface area (Å²) < 4.78 is 55.2. The van der Waals surface area contributed by atoms with Crippen molar-refractivity contribution in [3.8, 4) is 23.0 Å². The van der Waals surface area contributed by atoms with Gasteiger partial charge in [0.2, 0.25) is 0 Å². The van der Waals surface area contributed by atoms with Crippen LogP contribution in [0.3, 0.4) is 0 Å². The fraction of sp³-hybridized carbons (Fsp3) is 0.148. The summed E-state index contributed by atoms with van der Waals surface area (Å²) >= 11 is 0. The van der Waals surface area contributed by atoms with Crippen molar-refractivity contribution < 1.29 is 32.2 Å². The average molecular weight is 524 g/mol. The Labute approximate surface area is 215 Å². The van der Waals surface area contributed by atoms with Gasteiger partial charge in [0.1, 0.15) is 17.3 Å². The Kier molecular flexibility index (Phi) is 7.38. The molecule has 4 rings (SSSR count). The molecule has 196 valence electrons. The maximum atomic E-state index is 12.8. The molecule has 0 bridgehead atoms. The molecule has 0 aliphatic rings. The largest absolute Gasteiger partial charge is 0.493 e. The lowest BCUT2D eigenvalue weighted by atomic mass is 10.1. The van der Waals surface area contributed by atoms with Crippen molar-refractivity contribution in [2.75, 3.05) is 26.6 Å². The molecule has 0 saturated carbocycles. The number of rotatable bonds is 7. The number of ether oxygens (including phenoxy) is 3. The Morgan fingerprint density at radius 1 is 0.921 bits per heavy atom. The van der Waals surface area contributed by atoms with E-state index in [9.17, 15) is 18.0 Å². The van der Waals surface area contributed by atoms with Crippen molar-refractivity contribution >= 4 is 28.3 Å². The highest BCUT2D eigenvalue weighted by molar-refractivity contribution is 6.13. The molecule has 1 heterocycles. The van der Waals surface area contributed by atoms with E-state index in [1.54, 1.807) is 49.6 Å². The van der Waals surface area contributed by atoms with E-state index in [0.717, 1.165) is 24.3 Å². The number of amidine groups is 1. The number of methoxy groups -OCH3 is 2. The number of amides is 1. The highest BCUT2D eigenvalue weighted by Crippen LogP contribution is 2.37. The van der Waals surface area contributed by atoms with Gasteiger partial charge in [-0.2, -0.15) is 13.2 Å². The first kappa shape index (κ1) is 26.3. The van der Waals surface area contributed by atoms with Gasteiger partial charge in [0.25, 0.3) is 5.91 Å². The Morgan fingerprint density at radius 3 is 2.24 bits per heavy atom. The third-order valence-electron chi connectivity index (χ3n) is 5.68. The molecule has 0 radical (unpaired) electrons. The number of hydrogen-bond acceptors (Lipinski definition) is 7. The molecule has 0 aliphatic heterocycles. The molecule has 3 N–H and O–H groups in total. The molecular formula is C27H23F3N4O4. The van der Waals surface area contributed by atoms with Crippen LogP contribution in [-0.2, 0) is 6.18 Å². The Morgan fingerprint density at radius 2 is 1.61 bits per heavy atom. The van der Waals surface area contributed by atoms with E-state index >= 15 is 0 Å². The highest BCUT2D eigenvalue weighted by Gasteiger charge is 2.30. The standard InChI is InChI=1S/C27H23F3N4O4/c1-32-20-12-17(38-22-10-11-33-21-14-24(37-3)23(36-2)13-19(21)22)8-9-18(20)25(31)34-26(35)15-4-6-16(7-5-15)27(28,29)30/h4-14,32H,1-3H3,(H2,31,34,35). The number of benzene rings is 3. The predicted octanol–water partition coefficient (Wildman–Crippen LogP) is 5.86. The predicted molar refractivity (Wildman–Crippen MR) is 137 cm³/mol. The summed E-state index contributed by atoms with van der Waals surface area (Å²) in [5.74, 6) is 1.05. The smallest absolute Gasteiger partial charge is 0.416 e. The van der Waals surface area contributed by atoms with Crippen LogP contribution in [0.15, 0.2) is 66.9 Å².